The summed E-state index contributed by atoms with van der Waals surface area (Å²) in [6.07, 6.45) is 2.95. The highest BCUT2D eigenvalue weighted by molar-refractivity contribution is 7.98. The normalized spacial score (nSPS) is 14.7. The van der Waals surface area contributed by atoms with Gasteiger partial charge in [0.1, 0.15) is 5.60 Å². The summed E-state index contributed by atoms with van der Waals surface area (Å²) >= 11 is 1.77. The number of hydrogen-bond acceptors (Lipinski definition) is 3. The zero-order valence-electron chi connectivity index (χ0n) is 11.7. The zero-order chi connectivity index (χ0) is 13.0. The summed E-state index contributed by atoms with van der Waals surface area (Å²) in [6.45, 7) is 12.0. The molecule has 0 aliphatic rings. The van der Waals surface area contributed by atoms with Gasteiger partial charge in [-0.15, -0.1) is 0 Å². The summed E-state index contributed by atoms with van der Waals surface area (Å²) in [5, 5.41) is 0. The maximum absolute atomic E-state index is 12.1. The van der Waals surface area contributed by atoms with Crippen molar-refractivity contribution in [1.82, 2.24) is 0 Å². The predicted molar refractivity (Wildman–Crippen MR) is 71.8 cm³/mol. The molecule has 0 radical (unpaired) electrons. The van der Waals surface area contributed by atoms with Gasteiger partial charge in [-0.1, -0.05) is 20.8 Å². The first-order chi connectivity index (χ1) is 7.08. The van der Waals surface area contributed by atoms with E-state index in [1.165, 1.54) is 0 Å². The number of thioether (sulfide) groups is 1. The second-order valence-electron chi connectivity index (χ2n) is 6.23. The van der Waals surface area contributed by atoms with Crippen LogP contribution in [0.5, 0.6) is 0 Å². The van der Waals surface area contributed by atoms with Crippen LogP contribution in [0, 0.1) is 11.3 Å². The second kappa shape index (κ2) is 5.95. The highest BCUT2D eigenvalue weighted by Gasteiger charge is 2.34. The first kappa shape index (κ1) is 15.8. The third kappa shape index (κ3) is 6.41. The highest BCUT2D eigenvalue weighted by atomic mass is 32.2. The van der Waals surface area contributed by atoms with E-state index in [0.717, 1.165) is 12.2 Å². The summed E-state index contributed by atoms with van der Waals surface area (Å²) < 4.78 is 5.48. The minimum absolute atomic E-state index is 0.0147. The van der Waals surface area contributed by atoms with E-state index < -0.39 is 0 Å². The number of hydrogen-bond donors (Lipinski definition) is 0. The Morgan fingerprint density at radius 1 is 1.19 bits per heavy atom. The molecule has 0 saturated carbocycles. The summed E-state index contributed by atoms with van der Waals surface area (Å²) in [4.78, 5) is 12.1. The van der Waals surface area contributed by atoms with Crippen LogP contribution >= 0.6 is 11.8 Å². The predicted octanol–water partition coefficient (Wildman–Crippen LogP) is 3.74. The molecule has 0 aliphatic carbocycles. The molecule has 0 aromatic carbocycles. The molecule has 2 nitrogen and oxygen atoms in total. The van der Waals surface area contributed by atoms with Crippen LogP contribution in [0.3, 0.4) is 0 Å². The fraction of sp³-hybridized carbons (Fsp3) is 0.923. The van der Waals surface area contributed by atoms with Gasteiger partial charge < -0.3 is 4.74 Å². The zero-order valence-corrected chi connectivity index (χ0v) is 12.5. The largest absolute Gasteiger partial charge is 0.460 e. The Hall–Kier alpha value is -0.180. The quantitative estimate of drug-likeness (QED) is 0.707. The van der Waals surface area contributed by atoms with Gasteiger partial charge in [0.15, 0.2) is 0 Å². The van der Waals surface area contributed by atoms with Crippen molar-refractivity contribution >= 4 is 17.7 Å². The molecule has 16 heavy (non-hydrogen) atoms. The van der Waals surface area contributed by atoms with Crippen LogP contribution < -0.4 is 0 Å². The molecule has 0 fully saturated rings. The van der Waals surface area contributed by atoms with Crippen molar-refractivity contribution in [3.8, 4) is 0 Å². The lowest BCUT2D eigenvalue weighted by Crippen LogP contribution is -2.35. The van der Waals surface area contributed by atoms with Gasteiger partial charge in [-0.25, -0.2) is 0 Å². The SMILES string of the molecule is CSCCC(C(=O)OC(C)(C)C)C(C)(C)C. The van der Waals surface area contributed by atoms with E-state index in [9.17, 15) is 4.79 Å². The maximum atomic E-state index is 12.1. The van der Waals surface area contributed by atoms with Gasteiger partial charge in [-0.3, -0.25) is 4.79 Å². The van der Waals surface area contributed by atoms with Crippen LogP contribution in [0.4, 0.5) is 0 Å². The molecule has 0 N–H and O–H groups in total. The Kier molecular flexibility index (Phi) is 5.88. The first-order valence-corrected chi connectivity index (χ1v) is 7.19. The molecule has 0 aliphatic heterocycles. The smallest absolute Gasteiger partial charge is 0.310 e. The molecule has 1 atom stereocenters. The number of ether oxygens (including phenoxy) is 1. The lowest BCUT2D eigenvalue weighted by atomic mass is 9.79. The summed E-state index contributed by atoms with van der Waals surface area (Å²) in [7, 11) is 0. The average Bonchev–Trinajstić information content (AvgIpc) is 1.98. The van der Waals surface area contributed by atoms with Gasteiger partial charge in [0.2, 0.25) is 0 Å². The molecule has 96 valence electrons. The van der Waals surface area contributed by atoms with Crippen molar-refractivity contribution in [2.45, 2.75) is 53.6 Å². The fourth-order valence-electron chi connectivity index (χ4n) is 1.51. The van der Waals surface area contributed by atoms with Crippen molar-refractivity contribution in [2.75, 3.05) is 12.0 Å². The van der Waals surface area contributed by atoms with Gasteiger partial charge in [-0.05, 0) is 44.6 Å². The molecule has 0 bridgehead atoms. The monoisotopic (exact) mass is 246 g/mol. The molecule has 0 aromatic rings. The lowest BCUT2D eigenvalue weighted by molar-refractivity contribution is -0.164. The third-order valence-electron chi connectivity index (χ3n) is 2.35. The van der Waals surface area contributed by atoms with E-state index in [1.807, 2.05) is 20.8 Å². The van der Waals surface area contributed by atoms with E-state index in [2.05, 4.69) is 27.0 Å². The van der Waals surface area contributed by atoms with Crippen molar-refractivity contribution in [3.05, 3.63) is 0 Å². The average molecular weight is 246 g/mol. The molecule has 3 heteroatoms. The Morgan fingerprint density at radius 2 is 1.69 bits per heavy atom. The molecule has 0 amide bonds. The van der Waals surface area contributed by atoms with Crippen LogP contribution in [0.25, 0.3) is 0 Å². The number of esters is 1. The first-order valence-electron chi connectivity index (χ1n) is 5.79. The molecular weight excluding hydrogens is 220 g/mol. The van der Waals surface area contributed by atoms with E-state index in [-0.39, 0.29) is 22.9 Å². The topological polar surface area (TPSA) is 26.3 Å². The third-order valence-corrected chi connectivity index (χ3v) is 2.99. The van der Waals surface area contributed by atoms with E-state index in [0.29, 0.717) is 0 Å². The minimum atomic E-state index is -0.389. The molecule has 0 rings (SSSR count). The van der Waals surface area contributed by atoms with E-state index in [4.69, 9.17) is 4.74 Å². The Labute approximate surface area is 105 Å². The summed E-state index contributed by atoms with van der Waals surface area (Å²) in [6, 6.07) is 0. The van der Waals surface area contributed by atoms with E-state index in [1.54, 1.807) is 11.8 Å². The molecule has 0 aromatic heterocycles. The van der Waals surface area contributed by atoms with Crippen molar-refractivity contribution in [3.63, 3.8) is 0 Å². The highest BCUT2D eigenvalue weighted by Crippen LogP contribution is 2.31. The standard InChI is InChI=1S/C13H26O2S/c1-12(2,3)10(8-9-16-7)11(14)15-13(4,5)6/h10H,8-9H2,1-7H3. The van der Waals surface area contributed by atoms with Crippen molar-refractivity contribution in [1.29, 1.82) is 0 Å². The van der Waals surface area contributed by atoms with Crippen LogP contribution in [0.15, 0.2) is 0 Å². The van der Waals surface area contributed by atoms with Crippen LogP contribution in [0.2, 0.25) is 0 Å². The fourth-order valence-corrected chi connectivity index (χ4v) is 1.98. The minimum Gasteiger partial charge on any atom is -0.460 e. The van der Waals surface area contributed by atoms with Gasteiger partial charge in [0, 0.05) is 0 Å². The number of carbonyl (C=O) groups is 1. The Morgan fingerprint density at radius 3 is 2.00 bits per heavy atom. The summed E-state index contributed by atoms with van der Waals surface area (Å²) in [5.41, 5.74) is -0.419. The van der Waals surface area contributed by atoms with Crippen LogP contribution in [-0.4, -0.2) is 23.6 Å². The van der Waals surface area contributed by atoms with Gasteiger partial charge >= 0.3 is 5.97 Å². The van der Waals surface area contributed by atoms with Crippen LogP contribution in [-0.2, 0) is 9.53 Å². The maximum Gasteiger partial charge on any atom is 0.310 e. The molecule has 0 spiro atoms. The lowest BCUT2D eigenvalue weighted by Gasteiger charge is -2.31. The van der Waals surface area contributed by atoms with E-state index >= 15 is 0 Å². The Bertz CT molecular complexity index is 223. The van der Waals surface area contributed by atoms with Gasteiger partial charge in [0.25, 0.3) is 0 Å². The molecule has 0 heterocycles. The Balaban J connectivity index is 4.58. The summed E-state index contributed by atoms with van der Waals surface area (Å²) in [5.74, 6) is 0.925. The molecule has 0 saturated heterocycles. The van der Waals surface area contributed by atoms with Gasteiger partial charge in [-0.2, -0.15) is 11.8 Å². The van der Waals surface area contributed by atoms with Gasteiger partial charge in [0.05, 0.1) is 5.92 Å². The van der Waals surface area contributed by atoms with Crippen molar-refractivity contribution in [2.24, 2.45) is 11.3 Å². The second-order valence-corrected chi connectivity index (χ2v) is 7.22. The molecule has 1 unspecified atom stereocenters. The van der Waals surface area contributed by atoms with Crippen molar-refractivity contribution < 1.29 is 9.53 Å². The molecular formula is C13H26O2S. The number of rotatable bonds is 4. The number of carbonyl (C=O) groups excluding carboxylic acids is 1. The van der Waals surface area contributed by atoms with Crippen LogP contribution in [0.1, 0.15) is 48.0 Å².